The number of halogens is 2. The van der Waals surface area contributed by atoms with Gasteiger partial charge in [-0.25, -0.2) is 4.68 Å². The van der Waals surface area contributed by atoms with Crippen LogP contribution in [0.4, 0.5) is 11.4 Å². The maximum Gasteiger partial charge on any atom is 0.276 e. The third-order valence-electron chi connectivity index (χ3n) is 4.49. The van der Waals surface area contributed by atoms with Gasteiger partial charge in [-0.1, -0.05) is 29.3 Å². The molecule has 2 amide bonds. The molecule has 0 saturated heterocycles. The van der Waals surface area contributed by atoms with Crippen molar-refractivity contribution in [1.82, 2.24) is 19.6 Å². The number of ether oxygens (including phenoxy) is 1. The Bertz CT molecular complexity index is 1300. The summed E-state index contributed by atoms with van der Waals surface area (Å²) in [6.45, 7) is 0.0536. The third kappa shape index (κ3) is 5.51. The number of amides is 2. The van der Waals surface area contributed by atoms with Gasteiger partial charge in [-0.15, -0.1) is 0 Å². The quantitative estimate of drug-likeness (QED) is 0.402. The fourth-order valence-corrected chi connectivity index (χ4v) is 3.20. The monoisotopic (exact) mass is 484 g/mol. The van der Waals surface area contributed by atoms with E-state index in [2.05, 4.69) is 20.8 Å². The average Bonchev–Trinajstić information content (AvgIpc) is 3.45. The first-order valence-corrected chi connectivity index (χ1v) is 10.5. The van der Waals surface area contributed by atoms with Crippen molar-refractivity contribution in [1.29, 1.82) is 0 Å². The van der Waals surface area contributed by atoms with Gasteiger partial charge in [0.25, 0.3) is 11.8 Å². The fourth-order valence-electron chi connectivity index (χ4n) is 2.85. The highest BCUT2D eigenvalue weighted by Crippen LogP contribution is 2.31. The van der Waals surface area contributed by atoms with E-state index in [1.165, 1.54) is 4.68 Å². The van der Waals surface area contributed by atoms with Crippen molar-refractivity contribution in [2.24, 2.45) is 7.05 Å². The molecule has 0 spiro atoms. The van der Waals surface area contributed by atoms with Crippen LogP contribution in [0.1, 0.15) is 21.0 Å². The number of nitrogens with one attached hydrogen (secondary N) is 2. The normalized spacial score (nSPS) is 10.6. The molecule has 2 aromatic heterocycles. The van der Waals surface area contributed by atoms with Crippen molar-refractivity contribution in [3.63, 3.8) is 0 Å². The molecule has 2 aromatic carbocycles. The molecule has 0 bridgehead atoms. The van der Waals surface area contributed by atoms with Crippen LogP contribution in [0.15, 0.2) is 67.0 Å². The largest absolute Gasteiger partial charge is 0.470 e. The number of anilines is 2. The standard InChI is InChI=1S/C22H18Cl2N6O3/c1-29-11-9-17(27-29)21(31)25-14-5-7-15(8-6-14)26-22(32)18-10-12-30(28-18)13-33-19-4-2-3-16(23)20(19)24/h2-12H,13H2,1H3,(H,25,31)(H,26,32). The lowest BCUT2D eigenvalue weighted by atomic mass is 10.2. The van der Waals surface area contributed by atoms with Crippen LogP contribution in [0, 0.1) is 0 Å². The third-order valence-corrected chi connectivity index (χ3v) is 5.29. The molecule has 4 aromatic rings. The lowest BCUT2D eigenvalue weighted by Crippen LogP contribution is -2.15. The van der Waals surface area contributed by atoms with Gasteiger partial charge in [-0.05, 0) is 48.5 Å². The molecule has 0 fully saturated rings. The topological polar surface area (TPSA) is 103 Å². The van der Waals surface area contributed by atoms with Gasteiger partial charge < -0.3 is 15.4 Å². The zero-order valence-corrected chi connectivity index (χ0v) is 18.8. The highest BCUT2D eigenvalue weighted by atomic mass is 35.5. The number of aromatic nitrogens is 4. The number of benzene rings is 2. The lowest BCUT2D eigenvalue weighted by Gasteiger charge is -2.08. The van der Waals surface area contributed by atoms with Crippen LogP contribution in [0.5, 0.6) is 5.75 Å². The molecule has 33 heavy (non-hydrogen) atoms. The smallest absolute Gasteiger partial charge is 0.276 e. The summed E-state index contributed by atoms with van der Waals surface area (Å²) in [6, 6.07) is 15.0. The minimum Gasteiger partial charge on any atom is -0.470 e. The van der Waals surface area contributed by atoms with E-state index in [4.69, 9.17) is 27.9 Å². The second-order valence-corrected chi connectivity index (χ2v) is 7.71. The Morgan fingerprint density at radius 3 is 2.09 bits per heavy atom. The summed E-state index contributed by atoms with van der Waals surface area (Å²) < 4.78 is 8.61. The van der Waals surface area contributed by atoms with Gasteiger partial charge in [-0.3, -0.25) is 14.3 Å². The van der Waals surface area contributed by atoms with E-state index in [-0.39, 0.29) is 24.2 Å². The van der Waals surface area contributed by atoms with Crippen molar-refractivity contribution in [3.8, 4) is 5.75 Å². The Morgan fingerprint density at radius 2 is 1.48 bits per heavy atom. The van der Waals surface area contributed by atoms with E-state index in [0.717, 1.165) is 0 Å². The molecule has 0 aliphatic carbocycles. The van der Waals surface area contributed by atoms with Crippen molar-refractivity contribution in [3.05, 3.63) is 88.4 Å². The van der Waals surface area contributed by atoms with E-state index in [1.807, 2.05) is 0 Å². The number of carbonyl (C=O) groups excluding carboxylic acids is 2. The minimum absolute atomic E-state index is 0.0536. The van der Waals surface area contributed by atoms with Crippen LogP contribution >= 0.6 is 23.2 Å². The Labute approximate surface area is 198 Å². The molecule has 0 aliphatic heterocycles. The van der Waals surface area contributed by atoms with Crippen molar-refractivity contribution >= 4 is 46.4 Å². The predicted octanol–water partition coefficient (Wildman–Crippen LogP) is 4.46. The zero-order valence-electron chi connectivity index (χ0n) is 17.3. The highest BCUT2D eigenvalue weighted by molar-refractivity contribution is 6.42. The minimum atomic E-state index is -0.389. The predicted molar refractivity (Wildman–Crippen MR) is 125 cm³/mol. The van der Waals surface area contributed by atoms with Crippen molar-refractivity contribution in [2.75, 3.05) is 10.6 Å². The molecule has 2 N–H and O–H groups in total. The Kier molecular flexibility index (Phi) is 6.62. The van der Waals surface area contributed by atoms with E-state index in [9.17, 15) is 9.59 Å². The number of carbonyl (C=O) groups is 2. The molecule has 0 radical (unpaired) electrons. The molecular formula is C22H18Cl2N6O3. The first-order valence-electron chi connectivity index (χ1n) is 9.72. The second kappa shape index (κ2) is 9.76. The molecule has 0 aliphatic rings. The molecule has 9 nitrogen and oxygen atoms in total. The zero-order chi connectivity index (χ0) is 23.4. The average molecular weight is 485 g/mol. The van der Waals surface area contributed by atoms with Crippen LogP contribution in [-0.4, -0.2) is 31.4 Å². The van der Waals surface area contributed by atoms with Crippen LogP contribution in [-0.2, 0) is 13.8 Å². The molecule has 168 valence electrons. The van der Waals surface area contributed by atoms with E-state index >= 15 is 0 Å². The molecule has 4 rings (SSSR count). The SMILES string of the molecule is Cn1ccc(C(=O)Nc2ccc(NC(=O)c3ccn(COc4cccc(Cl)c4Cl)n3)cc2)n1. The Balaban J connectivity index is 1.32. The molecule has 0 unspecified atom stereocenters. The Hall–Kier alpha value is -3.82. The summed E-state index contributed by atoms with van der Waals surface area (Å²) in [4.78, 5) is 24.7. The number of rotatable bonds is 7. The Morgan fingerprint density at radius 1 is 0.879 bits per heavy atom. The lowest BCUT2D eigenvalue weighted by molar-refractivity contribution is 0.101. The van der Waals surface area contributed by atoms with Crippen LogP contribution in [0.2, 0.25) is 10.0 Å². The van der Waals surface area contributed by atoms with Crippen molar-refractivity contribution in [2.45, 2.75) is 6.73 Å². The summed E-state index contributed by atoms with van der Waals surface area (Å²) in [5.41, 5.74) is 1.65. The number of aryl methyl sites for hydroxylation is 1. The maximum absolute atomic E-state index is 12.5. The molecule has 11 heteroatoms. The van der Waals surface area contributed by atoms with Crippen molar-refractivity contribution < 1.29 is 14.3 Å². The van der Waals surface area contributed by atoms with E-state index in [0.29, 0.717) is 32.9 Å². The first kappa shape index (κ1) is 22.4. The fraction of sp³-hybridized carbons (Fsp3) is 0.0909. The summed E-state index contributed by atoms with van der Waals surface area (Å²) in [5.74, 6) is -0.292. The van der Waals surface area contributed by atoms with Gasteiger partial charge >= 0.3 is 0 Å². The second-order valence-electron chi connectivity index (χ2n) is 6.93. The first-order chi connectivity index (χ1) is 15.9. The summed E-state index contributed by atoms with van der Waals surface area (Å²) in [6.07, 6.45) is 3.30. The summed E-state index contributed by atoms with van der Waals surface area (Å²) in [7, 11) is 1.74. The number of hydrogen-bond acceptors (Lipinski definition) is 5. The summed E-state index contributed by atoms with van der Waals surface area (Å²) >= 11 is 12.1. The van der Waals surface area contributed by atoms with E-state index < -0.39 is 0 Å². The molecule has 2 heterocycles. The van der Waals surface area contributed by atoms with Gasteiger partial charge in [-0.2, -0.15) is 10.2 Å². The molecular weight excluding hydrogens is 467 g/mol. The molecule has 0 saturated carbocycles. The highest BCUT2D eigenvalue weighted by Gasteiger charge is 2.12. The van der Waals surface area contributed by atoms with Crippen LogP contribution in [0.3, 0.4) is 0 Å². The van der Waals surface area contributed by atoms with Gasteiger partial charge in [0.2, 0.25) is 0 Å². The van der Waals surface area contributed by atoms with Crippen LogP contribution < -0.4 is 15.4 Å². The maximum atomic E-state index is 12.5. The number of hydrogen-bond donors (Lipinski definition) is 2. The van der Waals surface area contributed by atoms with Crippen LogP contribution in [0.25, 0.3) is 0 Å². The van der Waals surface area contributed by atoms with E-state index in [1.54, 1.807) is 78.7 Å². The van der Waals surface area contributed by atoms with Gasteiger partial charge in [0.1, 0.15) is 10.8 Å². The summed E-state index contributed by atoms with van der Waals surface area (Å²) in [5, 5.41) is 14.5. The molecule has 0 atom stereocenters. The van der Waals surface area contributed by atoms with Gasteiger partial charge in [0.15, 0.2) is 18.1 Å². The van der Waals surface area contributed by atoms with Gasteiger partial charge in [0, 0.05) is 30.8 Å². The number of nitrogens with zero attached hydrogens (tertiary/aromatic N) is 4. The van der Waals surface area contributed by atoms with Gasteiger partial charge in [0.05, 0.1) is 5.02 Å².